The van der Waals surface area contributed by atoms with Gasteiger partial charge < -0.3 is 4.74 Å². The van der Waals surface area contributed by atoms with Crippen molar-refractivity contribution in [3.05, 3.63) is 57.7 Å². The first-order chi connectivity index (χ1) is 14.0. The van der Waals surface area contributed by atoms with Crippen molar-refractivity contribution in [1.29, 1.82) is 0 Å². The molecule has 0 aliphatic rings. The molecule has 0 radical (unpaired) electrons. The number of aromatic nitrogens is 3. The molecule has 3 aromatic heterocycles. The number of amides is 1. The lowest BCUT2D eigenvalue weighted by Gasteiger charge is -2.00. The minimum Gasteiger partial charge on any atom is -0.462 e. The standard InChI is InChI=1S/C20H18N4O3S2/c1-4-27-18(26)15-11(2)21-19(28-15)23-17(25)16-12(3)24-10-14(22-20(24)29-16)13-8-6-5-7-9-13/h5-10H,4H2,1-3H3,(H,21,23,25). The topological polar surface area (TPSA) is 85.6 Å². The van der Waals surface area contributed by atoms with Crippen molar-refractivity contribution in [3.8, 4) is 11.3 Å². The van der Waals surface area contributed by atoms with E-state index >= 15 is 0 Å². The van der Waals surface area contributed by atoms with Crippen LogP contribution in [0.3, 0.4) is 0 Å². The third-order valence-corrected chi connectivity index (χ3v) is 6.52. The number of carbonyl (C=O) groups is 2. The molecule has 0 atom stereocenters. The molecule has 1 aromatic carbocycles. The second kappa shape index (κ2) is 7.76. The number of aryl methyl sites for hydroxylation is 2. The van der Waals surface area contributed by atoms with E-state index in [0.717, 1.165) is 33.2 Å². The molecule has 0 saturated carbocycles. The van der Waals surface area contributed by atoms with Crippen molar-refractivity contribution in [2.24, 2.45) is 0 Å². The van der Waals surface area contributed by atoms with Gasteiger partial charge in [-0.3, -0.25) is 14.5 Å². The zero-order valence-corrected chi connectivity index (χ0v) is 17.7. The van der Waals surface area contributed by atoms with Gasteiger partial charge in [-0.2, -0.15) is 0 Å². The van der Waals surface area contributed by atoms with E-state index in [1.165, 1.54) is 11.3 Å². The van der Waals surface area contributed by atoms with E-state index in [1.807, 2.05) is 47.9 Å². The van der Waals surface area contributed by atoms with Gasteiger partial charge in [-0.15, -0.1) is 0 Å². The fourth-order valence-electron chi connectivity index (χ4n) is 2.90. The van der Waals surface area contributed by atoms with Crippen molar-refractivity contribution < 1.29 is 14.3 Å². The van der Waals surface area contributed by atoms with Gasteiger partial charge in [0.15, 0.2) is 10.1 Å². The highest BCUT2D eigenvalue weighted by atomic mass is 32.1. The number of ether oxygens (including phenoxy) is 1. The number of thiazole rings is 2. The number of rotatable bonds is 5. The molecule has 0 bridgehead atoms. The molecule has 148 valence electrons. The van der Waals surface area contributed by atoms with E-state index in [2.05, 4.69) is 15.3 Å². The normalized spacial score (nSPS) is 11.0. The van der Waals surface area contributed by atoms with E-state index in [1.54, 1.807) is 13.8 Å². The molecule has 0 aliphatic heterocycles. The maximum Gasteiger partial charge on any atom is 0.350 e. The van der Waals surface area contributed by atoms with Gasteiger partial charge in [0.25, 0.3) is 5.91 Å². The largest absolute Gasteiger partial charge is 0.462 e. The Labute approximate surface area is 175 Å². The number of nitrogens with one attached hydrogen (secondary N) is 1. The van der Waals surface area contributed by atoms with Gasteiger partial charge in [0.1, 0.15) is 9.75 Å². The van der Waals surface area contributed by atoms with Crippen molar-refractivity contribution in [1.82, 2.24) is 14.4 Å². The predicted molar refractivity (Wildman–Crippen MR) is 114 cm³/mol. The van der Waals surface area contributed by atoms with Gasteiger partial charge in [0.05, 0.1) is 18.0 Å². The molecule has 3 heterocycles. The maximum absolute atomic E-state index is 12.8. The summed E-state index contributed by atoms with van der Waals surface area (Å²) in [5, 5.41) is 3.15. The van der Waals surface area contributed by atoms with Gasteiger partial charge in [-0.25, -0.2) is 14.8 Å². The average molecular weight is 427 g/mol. The number of nitrogens with zero attached hydrogens (tertiary/aromatic N) is 3. The molecule has 0 fully saturated rings. The van der Waals surface area contributed by atoms with Crippen LogP contribution in [-0.4, -0.2) is 32.9 Å². The Morgan fingerprint density at radius 2 is 1.86 bits per heavy atom. The number of imidazole rings is 1. The van der Waals surface area contributed by atoms with Gasteiger partial charge in [0, 0.05) is 17.5 Å². The van der Waals surface area contributed by atoms with Crippen LogP contribution in [0.25, 0.3) is 16.2 Å². The minimum absolute atomic E-state index is 0.275. The highest BCUT2D eigenvalue weighted by molar-refractivity contribution is 7.19. The van der Waals surface area contributed by atoms with Crippen molar-refractivity contribution in [2.45, 2.75) is 20.8 Å². The van der Waals surface area contributed by atoms with Crippen LogP contribution in [0, 0.1) is 13.8 Å². The molecule has 0 saturated heterocycles. The molecule has 1 amide bonds. The van der Waals surface area contributed by atoms with Crippen LogP contribution >= 0.6 is 22.7 Å². The first kappa shape index (κ1) is 19.3. The van der Waals surface area contributed by atoms with E-state index in [9.17, 15) is 9.59 Å². The lowest BCUT2D eigenvalue weighted by atomic mass is 10.2. The summed E-state index contributed by atoms with van der Waals surface area (Å²) >= 11 is 2.43. The number of benzene rings is 1. The first-order valence-electron chi connectivity index (χ1n) is 8.97. The summed E-state index contributed by atoms with van der Waals surface area (Å²) in [7, 11) is 0. The lowest BCUT2D eigenvalue weighted by Crippen LogP contribution is -2.11. The summed E-state index contributed by atoms with van der Waals surface area (Å²) in [4.78, 5) is 35.3. The molecule has 4 rings (SSSR count). The summed E-state index contributed by atoms with van der Waals surface area (Å²) in [6.45, 7) is 5.63. The number of hydrogen-bond acceptors (Lipinski definition) is 7. The van der Waals surface area contributed by atoms with Gasteiger partial charge in [-0.05, 0) is 20.8 Å². The van der Waals surface area contributed by atoms with Crippen molar-refractivity contribution >= 4 is 44.6 Å². The Hall–Kier alpha value is -3.04. The average Bonchev–Trinajstić information content (AvgIpc) is 3.37. The number of esters is 1. The molecule has 29 heavy (non-hydrogen) atoms. The molecular formula is C20H18N4O3S2. The number of fused-ring (bicyclic) bond motifs is 1. The molecule has 0 unspecified atom stereocenters. The summed E-state index contributed by atoms with van der Waals surface area (Å²) < 4.78 is 6.93. The highest BCUT2D eigenvalue weighted by Crippen LogP contribution is 2.29. The smallest absolute Gasteiger partial charge is 0.350 e. The maximum atomic E-state index is 12.8. The molecule has 7 nitrogen and oxygen atoms in total. The fraction of sp³-hybridized carbons (Fsp3) is 0.200. The molecule has 4 aromatic rings. The van der Waals surface area contributed by atoms with Crippen LogP contribution in [0.2, 0.25) is 0 Å². The lowest BCUT2D eigenvalue weighted by molar-refractivity contribution is 0.0531. The van der Waals surface area contributed by atoms with Crippen LogP contribution in [-0.2, 0) is 4.74 Å². The third-order valence-electron chi connectivity index (χ3n) is 4.31. The molecule has 1 N–H and O–H groups in total. The monoisotopic (exact) mass is 426 g/mol. The SMILES string of the molecule is CCOC(=O)c1sc(NC(=O)c2sc3nc(-c4ccccc4)cn3c2C)nc1C. The number of anilines is 1. The molecule has 0 aliphatic carbocycles. The van der Waals surface area contributed by atoms with Gasteiger partial charge in [0.2, 0.25) is 0 Å². The highest BCUT2D eigenvalue weighted by Gasteiger charge is 2.21. The summed E-state index contributed by atoms with van der Waals surface area (Å²) in [5.41, 5.74) is 3.23. The Morgan fingerprint density at radius 1 is 1.10 bits per heavy atom. The minimum atomic E-state index is -0.429. The zero-order chi connectivity index (χ0) is 20.5. The van der Waals surface area contributed by atoms with Crippen LogP contribution < -0.4 is 5.32 Å². The number of hydrogen-bond donors (Lipinski definition) is 1. The van der Waals surface area contributed by atoms with Crippen molar-refractivity contribution in [3.63, 3.8) is 0 Å². The Morgan fingerprint density at radius 3 is 2.55 bits per heavy atom. The summed E-state index contributed by atoms with van der Waals surface area (Å²) in [5.74, 6) is -0.703. The number of carbonyl (C=O) groups excluding carboxylic acids is 2. The summed E-state index contributed by atoms with van der Waals surface area (Å²) in [6, 6.07) is 9.90. The molecular weight excluding hydrogens is 408 g/mol. The van der Waals surface area contributed by atoms with E-state index in [0.29, 0.717) is 20.6 Å². The first-order valence-corrected chi connectivity index (χ1v) is 10.6. The van der Waals surface area contributed by atoms with E-state index in [-0.39, 0.29) is 12.5 Å². The summed E-state index contributed by atoms with van der Waals surface area (Å²) in [6.07, 6.45) is 1.93. The van der Waals surface area contributed by atoms with E-state index < -0.39 is 5.97 Å². The van der Waals surface area contributed by atoms with Crippen molar-refractivity contribution in [2.75, 3.05) is 11.9 Å². The fourth-order valence-corrected chi connectivity index (χ4v) is 4.76. The molecule has 9 heteroatoms. The van der Waals surface area contributed by atoms with Crippen LogP contribution in [0.4, 0.5) is 5.13 Å². The van der Waals surface area contributed by atoms with Crippen LogP contribution in [0.15, 0.2) is 36.5 Å². The van der Waals surface area contributed by atoms with E-state index in [4.69, 9.17) is 4.74 Å². The Balaban J connectivity index is 1.58. The predicted octanol–water partition coefficient (Wildman–Crippen LogP) is 4.57. The quantitative estimate of drug-likeness (QED) is 0.473. The Bertz CT molecular complexity index is 1210. The van der Waals surface area contributed by atoms with Gasteiger partial charge in [-0.1, -0.05) is 53.0 Å². The second-order valence-electron chi connectivity index (χ2n) is 6.27. The van der Waals surface area contributed by atoms with Crippen LogP contribution in [0.1, 0.15) is 37.7 Å². The molecule has 0 spiro atoms. The Kier molecular flexibility index (Phi) is 5.16. The van der Waals surface area contributed by atoms with Gasteiger partial charge >= 0.3 is 5.97 Å². The van der Waals surface area contributed by atoms with Crippen LogP contribution in [0.5, 0.6) is 0 Å². The second-order valence-corrected chi connectivity index (χ2v) is 8.25. The zero-order valence-electron chi connectivity index (χ0n) is 16.1. The third kappa shape index (κ3) is 3.66.